The number of nitrogens with one attached hydrogen (secondary N) is 1. The Labute approximate surface area is 194 Å². The summed E-state index contributed by atoms with van der Waals surface area (Å²) in [6.07, 6.45) is 4.97. The topological polar surface area (TPSA) is 93.5 Å². The van der Waals surface area contributed by atoms with Crippen molar-refractivity contribution in [3.63, 3.8) is 0 Å². The highest BCUT2D eigenvalue weighted by atomic mass is 32.2. The van der Waals surface area contributed by atoms with Crippen LogP contribution in [0.4, 0.5) is 0 Å². The summed E-state index contributed by atoms with van der Waals surface area (Å²) in [5.74, 6) is 0.999. The summed E-state index contributed by atoms with van der Waals surface area (Å²) in [4.78, 5) is 17.2. The van der Waals surface area contributed by atoms with Crippen molar-refractivity contribution >= 4 is 15.9 Å². The summed E-state index contributed by atoms with van der Waals surface area (Å²) in [7, 11) is -2.13. The molecular weight excluding hydrogens is 440 g/mol. The van der Waals surface area contributed by atoms with Gasteiger partial charge in [0, 0.05) is 37.7 Å². The maximum atomic E-state index is 13.0. The maximum absolute atomic E-state index is 13.0. The molecule has 0 aliphatic carbocycles. The van der Waals surface area contributed by atoms with Gasteiger partial charge in [0.15, 0.2) is 0 Å². The molecule has 1 fully saturated rings. The lowest BCUT2D eigenvalue weighted by molar-refractivity contribution is -0.126. The van der Waals surface area contributed by atoms with Crippen molar-refractivity contribution in [2.75, 3.05) is 20.2 Å². The maximum Gasteiger partial charge on any atom is 0.243 e. The van der Waals surface area contributed by atoms with Crippen LogP contribution in [-0.2, 0) is 21.4 Å². The molecule has 0 unspecified atom stereocenters. The number of carbonyl (C=O) groups is 1. The zero-order chi connectivity index (χ0) is 23.4. The third kappa shape index (κ3) is 5.09. The number of hydrogen-bond acceptors (Lipinski definition) is 5. The van der Waals surface area contributed by atoms with E-state index in [0.29, 0.717) is 31.7 Å². The molecular formula is C24H28N4O4S. The average Bonchev–Trinajstić information content (AvgIpc) is 3.28. The molecule has 1 aliphatic heterocycles. The molecule has 2 aromatic carbocycles. The Kier molecular flexibility index (Phi) is 6.80. The number of rotatable bonds is 7. The molecule has 1 aliphatic rings. The van der Waals surface area contributed by atoms with Crippen molar-refractivity contribution in [2.45, 2.75) is 31.2 Å². The highest BCUT2D eigenvalue weighted by Gasteiger charge is 2.33. The summed E-state index contributed by atoms with van der Waals surface area (Å²) in [5, 5.41) is 2.97. The Morgan fingerprint density at radius 3 is 2.52 bits per heavy atom. The molecule has 2 heterocycles. The number of piperidine rings is 1. The van der Waals surface area contributed by atoms with E-state index in [-0.39, 0.29) is 23.3 Å². The summed E-state index contributed by atoms with van der Waals surface area (Å²) in [5.41, 5.74) is 1.98. The lowest BCUT2D eigenvalue weighted by Gasteiger charge is -2.31. The number of nitrogens with zero attached hydrogens (tertiary/aromatic N) is 3. The van der Waals surface area contributed by atoms with Crippen LogP contribution < -0.4 is 10.1 Å². The third-order valence-corrected chi connectivity index (χ3v) is 7.84. The number of aromatic nitrogens is 2. The molecule has 0 spiro atoms. The lowest BCUT2D eigenvalue weighted by Crippen LogP contribution is -2.45. The predicted molar refractivity (Wildman–Crippen MR) is 125 cm³/mol. The number of aryl methyl sites for hydroxylation is 1. The van der Waals surface area contributed by atoms with Gasteiger partial charge in [-0.15, -0.1) is 0 Å². The van der Waals surface area contributed by atoms with Crippen LogP contribution >= 0.6 is 0 Å². The fourth-order valence-electron chi connectivity index (χ4n) is 4.03. The molecule has 0 saturated carbocycles. The summed E-state index contributed by atoms with van der Waals surface area (Å²) < 4.78 is 34.6. The number of imidazole rings is 1. The second-order valence-electron chi connectivity index (χ2n) is 8.11. The summed E-state index contributed by atoms with van der Waals surface area (Å²) in [6.45, 7) is 2.92. The molecule has 8 nitrogen and oxygen atoms in total. The molecule has 1 saturated heterocycles. The van der Waals surface area contributed by atoms with Crippen LogP contribution in [0.1, 0.15) is 24.2 Å². The molecule has 1 amide bonds. The molecule has 0 radical (unpaired) electrons. The van der Waals surface area contributed by atoms with Crippen molar-refractivity contribution < 1.29 is 17.9 Å². The van der Waals surface area contributed by atoms with Gasteiger partial charge in [0.2, 0.25) is 15.9 Å². The molecule has 174 valence electrons. The quantitative estimate of drug-likeness (QED) is 0.576. The van der Waals surface area contributed by atoms with Crippen molar-refractivity contribution in [1.29, 1.82) is 0 Å². The second-order valence-corrected chi connectivity index (χ2v) is 10.0. The van der Waals surface area contributed by atoms with Crippen molar-refractivity contribution in [3.05, 3.63) is 72.3 Å². The Bertz CT molecular complexity index is 1200. The van der Waals surface area contributed by atoms with Gasteiger partial charge in [-0.2, -0.15) is 4.31 Å². The molecule has 0 bridgehead atoms. The molecule has 1 aromatic heterocycles. The number of methoxy groups -OCH3 is 1. The smallest absolute Gasteiger partial charge is 0.243 e. The van der Waals surface area contributed by atoms with Crippen molar-refractivity contribution in [2.24, 2.45) is 5.92 Å². The fraction of sp³-hybridized carbons (Fsp3) is 0.333. The molecule has 1 N–H and O–H groups in total. The minimum atomic E-state index is -3.66. The highest BCUT2D eigenvalue weighted by Crippen LogP contribution is 2.25. The largest absolute Gasteiger partial charge is 0.497 e. The molecule has 1 atom stereocenters. The Morgan fingerprint density at radius 2 is 1.88 bits per heavy atom. The normalized spacial score (nSPS) is 17.0. The van der Waals surface area contributed by atoms with E-state index in [9.17, 15) is 13.2 Å². The zero-order valence-electron chi connectivity index (χ0n) is 18.8. The average molecular weight is 469 g/mol. The van der Waals surface area contributed by atoms with E-state index in [4.69, 9.17) is 4.74 Å². The number of carbonyl (C=O) groups excluding carboxylic acids is 1. The SMILES string of the molecule is COc1ccc(S(=O)(=O)N2CCC[C@H](C(=O)NCc3ccc(-n4ccnc4C)cc3)C2)cc1. The monoisotopic (exact) mass is 468 g/mol. The first-order valence-corrected chi connectivity index (χ1v) is 12.3. The van der Waals surface area contributed by atoms with Gasteiger partial charge in [-0.1, -0.05) is 12.1 Å². The fourth-order valence-corrected chi connectivity index (χ4v) is 5.55. The Hall–Kier alpha value is -3.17. The van der Waals surface area contributed by atoms with E-state index >= 15 is 0 Å². The van der Waals surface area contributed by atoms with Gasteiger partial charge < -0.3 is 14.6 Å². The van der Waals surface area contributed by atoms with E-state index in [1.165, 1.54) is 23.5 Å². The van der Waals surface area contributed by atoms with Crippen LogP contribution in [0.3, 0.4) is 0 Å². The highest BCUT2D eigenvalue weighted by molar-refractivity contribution is 7.89. The van der Waals surface area contributed by atoms with E-state index in [1.807, 2.05) is 42.0 Å². The minimum absolute atomic E-state index is 0.126. The van der Waals surface area contributed by atoms with E-state index in [1.54, 1.807) is 18.3 Å². The number of amides is 1. The van der Waals surface area contributed by atoms with Crippen LogP contribution in [0.25, 0.3) is 5.69 Å². The Morgan fingerprint density at radius 1 is 1.15 bits per heavy atom. The van der Waals surface area contributed by atoms with Gasteiger partial charge in [0.25, 0.3) is 0 Å². The molecule has 4 rings (SSSR count). The van der Waals surface area contributed by atoms with E-state index < -0.39 is 10.0 Å². The summed E-state index contributed by atoms with van der Waals surface area (Å²) >= 11 is 0. The van der Waals surface area contributed by atoms with Gasteiger partial charge in [-0.3, -0.25) is 4.79 Å². The predicted octanol–water partition coefficient (Wildman–Crippen LogP) is 2.91. The van der Waals surface area contributed by atoms with Gasteiger partial charge >= 0.3 is 0 Å². The lowest BCUT2D eigenvalue weighted by atomic mass is 9.99. The molecule has 33 heavy (non-hydrogen) atoms. The number of ether oxygens (including phenoxy) is 1. The minimum Gasteiger partial charge on any atom is -0.497 e. The molecule has 9 heteroatoms. The van der Waals surface area contributed by atoms with Crippen LogP contribution in [0.15, 0.2) is 65.8 Å². The van der Waals surface area contributed by atoms with Crippen LogP contribution in [-0.4, -0.2) is 48.4 Å². The number of sulfonamides is 1. The zero-order valence-corrected chi connectivity index (χ0v) is 19.6. The molecule has 3 aromatic rings. The van der Waals surface area contributed by atoms with E-state index in [2.05, 4.69) is 10.3 Å². The first-order chi connectivity index (χ1) is 15.9. The summed E-state index contributed by atoms with van der Waals surface area (Å²) in [6, 6.07) is 14.2. The first kappa shape index (κ1) is 23.0. The van der Waals surface area contributed by atoms with Crippen LogP contribution in [0.5, 0.6) is 5.75 Å². The Balaban J connectivity index is 1.36. The first-order valence-electron chi connectivity index (χ1n) is 10.9. The van der Waals surface area contributed by atoms with Crippen LogP contribution in [0.2, 0.25) is 0 Å². The van der Waals surface area contributed by atoms with Crippen LogP contribution in [0, 0.1) is 12.8 Å². The van der Waals surface area contributed by atoms with Crippen molar-refractivity contribution in [3.8, 4) is 11.4 Å². The number of hydrogen-bond donors (Lipinski definition) is 1. The van der Waals surface area contributed by atoms with Crippen molar-refractivity contribution in [1.82, 2.24) is 19.2 Å². The second kappa shape index (κ2) is 9.76. The van der Waals surface area contributed by atoms with E-state index in [0.717, 1.165) is 17.1 Å². The number of benzene rings is 2. The third-order valence-electron chi connectivity index (χ3n) is 5.96. The standard InChI is InChI=1S/C24H28N4O4S/c1-18-25-13-15-28(18)21-7-5-19(6-8-21)16-26-24(29)20-4-3-14-27(17-20)33(30,31)23-11-9-22(32-2)10-12-23/h5-13,15,20H,3-4,14,16-17H2,1-2H3,(H,26,29)/t20-/m0/s1. The van der Waals surface area contributed by atoms with Gasteiger partial charge in [-0.25, -0.2) is 13.4 Å². The van der Waals surface area contributed by atoms with Gasteiger partial charge in [0.05, 0.1) is 17.9 Å². The van der Waals surface area contributed by atoms with Gasteiger partial charge in [0.1, 0.15) is 11.6 Å². The van der Waals surface area contributed by atoms with Gasteiger partial charge in [-0.05, 0) is 61.7 Å².